The molecule has 0 spiro atoms. The van der Waals surface area contributed by atoms with Gasteiger partial charge >= 0.3 is 0 Å². The zero-order valence-electron chi connectivity index (χ0n) is 14.6. The van der Waals surface area contributed by atoms with Crippen LogP contribution in [-0.2, 0) is 21.1 Å². The maximum absolute atomic E-state index is 12.9. The zero-order valence-corrected chi connectivity index (χ0v) is 16.3. The van der Waals surface area contributed by atoms with Crippen LogP contribution in [0.3, 0.4) is 0 Å². The van der Waals surface area contributed by atoms with Crippen molar-refractivity contribution in [3.05, 3.63) is 60.2 Å². The minimum absolute atomic E-state index is 0.378. The normalized spacial score (nSPS) is 12.8. The van der Waals surface area contributed by atoms with E-state index in [1.165, 1.54) is 23.2 Å². The van der Waals surface area contributed by atoms with Gasteiger partial charge in [0, 0.05) is 12.8 Å². The Morgan fingerprint density at radius 2 is 1.77 bits per heavy atom. The molecule has 7 heteroatoms. The number of rotatable bonds is 6. The number of thiazole rings is 1. The fourth-order valence-corrected chi connectivity index (χ4v) is 4.05. The van der Waals surface area contributed by atoms with E-state index in [1.54, 1.807) is 0 Å². The lowest BCUT2D eigenvalue weighted by molar-refractivity contribution is -0.117. The van der Waals surface area contributed by atoms with Crippen LogP contribution in [0, 0.1) is 0 Å². The summed E-state index contributed by atoms with van der Waals surface area (Å²) in [6.45, 7) is 1.81. The molecule has 1 unspecified atom stereocenters. The van der Waals surface area contributed by atoms with Crippen LogP contribution in [-0.4, -0.2) is 37.4 Å². The summed E-state index contributed by atoms with van der Waals surface area (Å²) >= 11 is 1.40. The molecule has 1 atom stereocenters. The second-order valence-corrected chi connectivity index (χ2v) is 9.54. The highest BCUT2D eigenvalue weighted by Gasteiger charge is 2.30. The molecule has 136 valence electrons. The number of hydrogen-bond acceptors (Lipinski definition) is 5. The van der Waals surface area contributed by atoms with Gasteiger partial charge in [-0.1, -0.05) is 53.8 Å². The van der Waals surface area contributed by atoms with Crippen LogP contribution >= 0.6 is 11.3 Å². The highest BCUT2D eigenvalue weighted by Crippen LogP contribution is 2.29. The number of hydrogen-bond donors (Lipinski definition) is 0. The van der Waals surface area contributed by atoms with E-state index in [2.05, 4.69) is 4.98 Å². The maximum Gasteiger partial charge on any atom is 0.246 e. The van der Waals surface area contributed by atoms with Gasteiger partial charge in [-0.25, -0.2) is 13.4 Å². The number of fused-ring (bicyclic) bond motifs is 1. The van der Waals surface area contributed by atoms with Crippen LogP contribution in [0.1, 0.15) is 12.5 Å². The van der Waals surface area contributed by atoms with Crippen molar-refractivity contribution in [1.29, 1.82) is 0 Å². The topological polar surface area (TPSA) is 67.3 Å². The lowest BCUT2D eigenvalue weighted by atomic mass is 10.1. The number of aromatic nitrogens is 1. The van der Waals surface area contributed by atoms with E-state index in [0.29, 0.717) is 18.1 Å². The van der Waals surface area contributed by atoms with Crippen molar-refractivity contribution in [2.45, 2.75) is 18.6 Å². The molecule has 0 aliphatic rings. The molecule has 0 radical (unpaired) electrons. The highest BCUT2D eigenvalue weighted by molar-refractivity contribution is 7.92. The first-order valence-electron chi connectivity index (χ1n) is 8.26. The number of anilines is 1. The number of para-hydroxylation sites is 1. The van der Waals surface area contributed by atoms with Gasteiger partial charge in [-0.05, 0) is 31.0 Å². The Morgan fingerprint density at radius 3 is 2.42 bits per heavy atom. The summed E-state index contributed by atoms with van der Waals surface area (Å²) in [6.07, 6.45) is 1.71. The molecular formula is C19H20N2O3S2. The Hall–Kier alpha value is -2.25. The Bertz CT molecular complexity index is 980. The molecular weight excluding hydrogens is 368 g/mol. The van der Waals surface area contributed by atoms with Gasteiger partial charge in [0.05, 0.1) is 10.2 Å². The first-order chi connectivity index (χ1) is 12.4. The van der Waals surface area contributed by atoms with Gasteiger partial charge in [-0.15, -0.1) is 0 Å². The predicted octanol–water partition coefficient (Wildman–Crippen LogP) is 3.31. The molecule has 3 rings (SSSR count). The minimum Gasteiger partial charge on any atom is -0.287 e. The molecule has 26 heavy (non-hydrogen) atoms. The second kappa shape index (κ2) is 7.55. The van der Waals surface area contributed by atoms with Crippen molar-refractivity contribution in [3.8, 4) is 0 Å². The number of amides is 1. The first kappa shape index (κ1) is 18.5. The van der Waals surface area contributed by atoms with Crippen LogP contribution in [0.25, 0.3) is 10.2 Å². The van der Waals surface area contributed by atoms with E-state index in [9.17, 15) is 13.2 Å². The molecule has 3 aromatic rings. The van der Waals surface area contributed by atoms with Crippen LogP contribution < -0.4 is 4.90 Å². The van der Waals surface area contributed by atoms with Crippen molar-refractivity contribution in [2.24, 2.45) is 0 Å². The molecule has 0 saturated heterocycles. The largest absolute Gasteiger partial charge is 0.287 e. The third-order valence-electron chi connectivity index (χ3n) is 4.24. The maximum atomic E-state index is 12.9. The van der Waals surface area contributed by atoms with Gasteiger partial charge in [-0.2, -0.15) is 0 Å². The van der Waals surface area contributed by atoms with E-state index in [0.717, 1.165) is 22.0 Å². The average molecular weight is 389 g/mol. The molecule has 0 bridgehead atoms. The second-order valence-electron chi connectivity index (χ2n) is 6.16. The monoisotopic (exact) mass is 388 g/mol. The van der Waals surface area contributed by atoms with Crippen LogP contribution in [0.15, 0.2) is 54.6 Å². The smallest absolute Gasteiger partial charge is 0.246 e. The zero-order chi connectivity index (χ0) is 18.7. The molecule has 1 heterocycles. The Morgan fingerprint density at radius 1 is 1.12 bits per heavy atom. The molecule has 1 amide bonds. The van der Waals surface area contributed by atoms with Gasteiger partial charge in [-0.3, -0.25) is 9.69 Å². The van der Waals surface area contributed by atoms with E-state index in [-0.39, 0.29) is 0 Å². The summed E-state index contributed by atoms with van der Waals surface area (Å²) in [6, 6.07) is 17.4. The van der Waals surface area contributed by atoms with Gasteiger partial charge in [0.25, 0.3) is 0 Å². The Balaban J connectivity index is 1.93. The molecule has 1 aromatic heterocycles. The summed E-state index contributed by atoms with van der Waals surface area (Å²) in [5, 5.41) is -0.576. The standard InChI is InChI=1S/C19H20N2O3S2/c1-14(26(2,23)24)18(22)21(13-12-15-8-4-3-5-9-15)19-20-16-10-6-7-11-17(16)25-19/h3-11,14H,12-13H2,1-2H3. The third-order valence-corrected chi connectivity index (χ3v) is 6.78. The summed E-state index contributed by atoms with van der Waals surface area (Å²) in [7, 11) is -3.48. The number of carbonyl (C=O) groups excluding carboxylic acids is 1. The summed E-state index contributed by atoms with van der Waals surface area (Å²) in [5.74, 6) is -0.442. The molecule has 0 aliphatic heterocycles. The minimum atomic E-state index is -3.48. The van der Waals surface area contributed by atoms with E-state index in [1.807, 2.05) is 54.6 Å². The lowest BCUT2D eigenvalue weighted by Gasteiger charge is -2.22. The van der Waals surface area contributed by atoms with Crippen LogP contribution in [0.5, 0.6) is 0 Å². The third kappa shape index (κ3) is 4.11. The number of nitrogens with zero attached hydrogens (tertiary/aromatic N) is 2. The lowest BCUT2D eigenvalue weighted by Crippen LogP contribution is -2.42. The first-order valence-corrected chi connectivity index (χ1v) is 11.0. The molecule has 0 aliphatic carbocycles. The van der Waals surface area contributed by atoms with Gasteiger partial charge in [0.1, 0.15) is 5.25 Å². The summed E-state index contributed by atoms with van der Waals surface area (Å²) in [4.78, 5) is 18.9. The van der Waals surface area contributed by atoms with Gasteiger partial charge in [0.15, 0.2) is 15.0 Å². The average Bonchev–Trinajstić information content (AvgIpc) is 3.05. The van der Waals surface area contributed by atoms with Crippen molar-refractivity contribution in [2.75, 3.05) is 17.7 Å². The SMILES string of the molecule is CC(C(=O)N(CCc1ccccc1)c1nc2ccccc2s1)S(C)(=O)=O. The highest BCUT2D eigenvalue weighted by atomic mass is 32.2. The molecule has 0 saturated carbocycles. The van der Waals surface area contributed by atoms with Crippen molar-refractivity contribution in [1.82, 2.24) is 4.98 Å². The van der Waals surface area contributed by atoms with E-state index < -0.39 is 21.0 Å². The van der Waals surface area contributed by atoms with Crippen molar-refractivity contribution in [3.63, 3.8) is 0 Å². The van der Waals surface area contributed by atoms with E-state index in [4.69, 9.17) is 0 Å². The van der Waals surface area contributed by atoms with E-state index >= 15 is 0 Å². The Labute approximate surface area is 157 Å². The number of carbonyl (C=O) groups is 1. The van der Waals surface area contributed by atoms with Crippen LogP contribution in [0.2, 0.25) is 0 Å². The number of sulfone groups is 1. The van der Waals surface area contributed by atoms with Crippen molar-refractivity contribution >= 4 is 42.4 Å². The fourth-order valence-electron chi connectivity index (χ4n) is 2.56. The number of benzene rings is 2. The van der Waals surface area contributed by atoms with Gasteiger partial charge < -0.3 is 0 Å². The molecule has 0 N–H and O–H groups in total. The molecule has 0 fully saturated rings. The quantitative estimate of drug-likeness (QED) is 0.650. The summed E-state index contributed by atoms with van der Waals surface area (Å²) < 4.78 is 24.7. The van der Waals surface area contributed by atoms with Crippen molar-refractivity contribution < 1.29 is 13.2 Å². The summed E-state index contributed by atoms with van der Waals surface area (Å²) in [5.41, 5.74) is 1.88. The Kier molecular flexibility index (Phi) is 5.38. The van der Waals surface area contributed by atoms with Crippen LogP contribution in [0.4, 0.5) is 5.13 Å². The fraction of sp³-hybridized carbons (Fsp3) is 0.263. The van der Waals surface area contributed by atoms with Gasteiger partial charge in [0.2, 0.25) is 5.91 Å². The molecule has 2 aromatic carbocycles. The predicted molar refractivity (Wildman–Crippen MR) is 106 cm³/mol. The molecule has 5 nitrogen and oxygen atoms in total.